The molecule has 0 spiro atoms. The van der Waals surface area contributed by atoms with Crippen LogP contribution in [-0.4, -0.2) is 54.7 Å². The second-order valence-electron chi connectivity index (χ2n) is 5.60. The second-order valence-corrected chi connectivity index (χ2v) is 8.45. The van der Waals surface area contributed by atoms with Crippen molar-refractivity contribution in [2.45, 2.75) is 4.90 Å². The van der Waals surface area contributed by atoms with E-state index in [-0.39, 0.29) is 29.5 Å². The van der Waals surface area contributed by atoms with Crippen LogP contribution in [0.5, 0.6) is 0 Å². The van der Waals surface area contributed by atoms with Gasteiger partial charge in [0.25, 0.3) is 5.91 Å². The lowest BCUT2D eigenvalue weighted by Crippen LogP contribution is -2.50. The third kappa shape index (κ3) is 3.83. The summed E-state index contributed by atoms with van der Waals surface area (Å²) in [6.07, 6.45) is 1.37. The number of nitrogens with zero attached hydrogens (tertiary/aromatic N) is 2. The highest BCUT2D eigenvalue weighted by atomic mass is 79.9. The first-order valence-corrected chi connectivity index (χ1v) is 9.85. The van der Waals surface area contributed by atoms with Gasteiger partial charge in [-0.05, 0) is 24.3 Å². The number of hydrogen-bond acceptors (Lipinski definition) is 4. The fourth-order valence-electron chi connectivity index (χ4n) is 2.63. The molecule has 1 amide bonds. The zero-order valence-electron chi connectivity index (χ0n) is 13.2. The Morgan fingerprint density at radius 2 is 1.80 bits per heavy atom. The van der Waals surface area contributed by atoms with Crippen LogP contribution < -0.4 is 5.56 Å². The third-order valence-electron chi connectivity index (χ3n) is 3.99. The number of aromatic nitrogens is 1. The molecule has 25 heavy (non-hydrogen) atoms. The maximum atomic E-state index is 12.7. The number of carbonyl (C=O) groups excluding carboxylic acids is 1. The Morgan fingerprint density at radius 3 is 2.40 bits per heavy atom. The minimum Gasteiger partial charge on any atom is -0.336 e. The normalized spacial score (nSPS) is 16.0. The van der Waals surface area contributed by atoms with E-state index in [0.717, 1.165) is 0 Å². The number of carbonyl (C=O) groups is 1. The molecule has 0 aliphatic carbocycles. The Balaban J connectivity index is 1.70. The van der Waals surface area contributed by atoms with Crippen molar-refractivity contribution in [3.63, 3.8) is 0 Å². The van der Waals surface area contributed by atoms with Crippen molar-refractivity contribution in [3.05, 3.63) is 63.0 Å². The first-order valence-electron chi connectivity index (χ1n) is 7.62. The van der Waals surface area contributed by atoms with Crippen LogP contribution in [0.2, 0.25) is 0 Å². The van der Waals surface area contributed by atoms with Crippen molar-refractivity contribution >= 4 is 31.9 Å². The maximum absolute atomic E-state index is 12.7. The van der Waals surface area contributed by atoms with Crippen LogP contribution >= 0.6 is 15.9 Å². The fourth-order valence-corrected chi connectivity index (χ4v) is 4.65. The van der Waals surface area contributed by atoms with Gasteiger partial charge in [-0.1, -0.05) is 22.0 Å². The number of rotatable bonds is 3. The molecule has 0 bridgehead atoms. The summed E-state index contributed by atoms with van der Waals surface area (Å²) < 4.78 is 27.4. The number of nitrogens with one attached hydrogen (secondary N) is 1. The Labute approximate surface area is 153 Å². The largest absolute Gasteiger partial charge is 0.336 e. The Hall–Kier alpha value is -1.97. The van der Waals surface area contributed by atoms with E-state index in [1.165, 1.54) is 22.6 Å². The van der Waals surface area contributed by atoms with Crippen LogP contribution in [0.15, 0.2) is 56.8 Å². The van der Waals surface area contributed by atoms with Crippen LogP contribution in [0.4, 0.5) is 0 Å². The van der Waals surface area contributed by atoms with E-state index in [1.807, 2.05) is 0 Å². The minimum absolute atomic E-state index is 0.224. The summed E-state index contributed by atoms with van der Waals surface area (Å²) in [6.45, 7) is 1.05. The third-order valence-corrected chi connectivity index (χ3v) is 6.38. The van der Waals surface area contributed by atoms with Crippen LogP contribution in [0, 0.1) is 0 Å². The number of sulfonamides is 1. The van der Waals surface area contributed by atoms with Gasteiger partial charge < -0.3 is 9.88 Å². The molecule has 0 atom stereocenters. The molecule has 1 aliphatic heterocycles. The molecule has 1 aliphatic rings. The number of hydrogen-bond donors (Lipinski definition) is 1. The predicted octanol–water partition coefficient (Wildman–Crippen LogP) is 1.28. The van der Waals surface area contributed by atoms with Gasteiger partial charge in [0.15, 0.2) is 0 Å². The van der Waals surface area contributed by atoms with Crippen LogP contribution in [0.25, 0.3) is 0 Å². The van der Waals surface area contributed by atoms with Gasteiger partial charge in [0.05, 0.1) is 10.5 Å². The molecule has 1 aromatic carbocycles. The molecule has 132 valence electrons. The van der Waals surface area contributed by atoms with E-state index < -0.39 is 10.0 Å². The van der Waals surface area contributed by atoms with E-state index in [0.29, 0.717) is 23.1 Å². The van der Waals surface area contributed by atoms with Gasteiger partial charge in [-0.25, -0.2) is 8.42 Å². The second kappa shape index (κ2) is 7.11. The number of pyridine rings is 1. The lowest BCUT2D eigenvalue weighted by molar-refractivity contribution is 0.0697. The van der Waals surface area contributed by atoms with Gasteiger partial charge in [0, 0.05) is 42.9 Å². The van der Waals surface area contributed by atoms with Gasteiger partial charge >= 0.3 is 0 Å². The number of H-pyrrole nitrogens is 1. The molecule has 1 fully saturated rings. The van der Waals surface area contributed by atoms with Crippen LogP contribution in [0.3, 0.4) is 0 Å². The summed E-state index contributed by atoms with van der Waals surface area (Å²) in [4.78, 5) is 27.8. The van der Waals surface area contributed by atoms with Gasteiger partial charge in [0.1, 0.15) is 0 Å². The topological polar surface area (TPSA) is 90.6 Å². The number of amides is 1. The molecule has 7 nitrogen and oxygen atoms in total. The maximum Gasteiger partial charge on any atom is 0.255 e. The highest BCUT2D eigenvalue weighted by Gasteiger charge is 2.30. The summed E-state index contributed by atoms with van der Waals surface area (Å²) in [7, 11) is -3.59. The van der Waals surface area contributed by atoms with E-state index >= 15 is 0 Å². The van der Waals surface area contributed by atoms with Crippen molar-refractivity contribution in [2.75, 3.05) is 26.2 Å². The highest BCUT2D eigenvalue weighted by Crippen LogP contribution is 2.21. The lowest BCUT2D eigenvalue weighted by Gasteiger charge is -2.34. The number of piperazine rings is 1. The monoisotopic (exact) mass is 425 g/mol. The van der Waals surface area contributed by atoms with E-state index in [4.69, 9.17) is 0 Å². The smallest absolute Gasteiger partial charge is 0.255 e. The molecule has 0 unspecified atom stereocenters. The SMILES string of the molecule is O=C(c1ccc(=O)[nH]c1)N1CCN(S(=O)(=O)c2cccc(Br)c2)CC1. The van der Waals surface area contributed by atoms with Crippen molar-refractivity contribution in [1.29, 1.82) is 0 Å². The lowest BCUT2D eigenvalue weighted by atomic mass is 10.2. The Kier molecular flexibility index (Phi) is 5.07. The number of aromatic amines is 1. The molecule has 1 N–H and O–H groups in total. The predicted molar refractivity (Wildman–Crippen MR) is 95.9 cm³/mol. The van der Waals surface area contributed by atoms with Gasteiger partial charge in [-0.15, -0.1) is 0 Å². The summed E-state index contributed by atoms with van der Waals surface area (Å²) >= 11 is 3.28. The standard InChI is InChI=1S/C16H16BrN3O4S/c17-13-2-1-3-14(10-13)25(23,24)20-8-6-19(7-9-20)16(22)12-4-5-15(21)18-11-12/h1-5,10-11H,6-9H2,(H,18,21). The fraction of sp³-hybridized carbons (Fsp3) is 0.250. The zero-order chi connectivity index (χ0) is 18.0. The Bertz CT molecular complexity index is 929. The van der Waals surface area contributed by atoms with E-state index in [2.05, 4.69) is 20.9 Å². The summed E-state index contributed by atoms with van der Waals surface area (Å²) in [5.74, 6) is -0.226. The molecule has 3 rings (SSSR count). The summed E-state index contributed by atoms with van der Waals surface area (Å²) in [5, 5.41) is 0. The van der Waals surface area contributed by atoms with Gasteiger partial charge in [-0.3, -0.25) is 9.59 Å². The van der Waals surface area contributed by atoms with Crippen LogP contribution in [-0.2, 0) is 10.0 Å². The summed E-state index contributed by atoms with van der Waals surface area (Å²) in [6, 6.07) is 9.31. The number of benzene rings is 1. The molecule has 2 aromatic rings. The van der Waals surface area contributed by atoms with Gasteiger partial charge in [-0.2, -0.15) is 4.31 Å². The first-order chi connectivity index (χ1) is 11.9. The van der Waals surface area contributed by atoms with Crippen molar-refractivity contribution < 1.29 is 13.2 Å². The average molecular weight is 426 g/mol. The Morgan fingerprint density at radius 1 is 1.08 bits per heavy atom. The van der Waals surface area contributed by atoms with Crippen molar-refractivity contribution in [2.24, 2.45) is 0 Å². The number of halogens is 1. The molecule has 1 saturated heterocycles. The van der Waals surface area contributed by atoms with Crippen molar-refractivity contribution in [1.82, 2.24) is 14.2 Å². The molecule has 0 radical (unpaired) electrons. The minimum atomic E-state index is -3.59. The molecular formula is C16H16BrN3O4S. The first kappa shape index (κ1) is 17.8. The van der Waals surface area contributed by atoms with Crippen molar-refractivity contribution in [3.8, 4) is 0 Å². The van der Waals surface area contributed by atoms with E-state index in [9.17, 15) is 18.0 Å². The molecule has 1 aromatic heterocycles. The summed E-state index contributed by atoms with van der Waals surface area (Å²) in [5.41, 5.74) is 0.101. The highest BCUT2D eigenvalue weighted by molar-refractivity contribution is 9.10. The zero-order valence-corrected chi connectivity index (χ0v) is 15.6. The quantitative estimate of drug-likeness (QED) is 0.801. The molecule has 9 heteroatoms. The average Bonchev–Trinajstić information content (AvgIpc) is 2.62. The molecule has 0 saturated carbocycles. The van der Waals surface area contributed by atoms with E-state index in [1.54, 1.807) is 29.2 Å². The molecule has 2 heterocycles. The molecular weight excluding hydrogens is 410 g/mol. The van der Waals surface area contributed by atoms with Gasteiger partial charge in [0.2, 0.25) is 15.6 Å². The van der Waals surface area contributed by atoms with Crippen LogP contribution in [0.1, 0.15) is 10.4 Å².